The van der Waals surface area contributed by atoms with Crippen molar-refractivity contribution >= 4 is 5.78 Å². The van der Waals surface area contributed by atoms with Crippen LogP contribution in [0.5, 0.6) is 0 Å². The minimum atomic E-state index is 0.204. The fourth-order valence-electron chi connectivity index (χ4n) is 1.67. The number of allylic oxidation sites excluding steroid dienone is 2. The molecular weight excluding hydrogens is 220 g/mol. The molecule has 1 heteroatoms. The first-order valence-electron chi connectivity index (χ1n) is 7.16. The van der Waals surface area contributed by atoms with Crippen molar-refractivity contribution in [3.63, 3.8) is 0 Å². The Balaban J connectivity index is 0. The maximum Gasteiger partial charge on any atom is 0.156 e. The summed E-state index contributed by atoms with van der Waals surface area (Å²) in [6.07, 6.45) is 3.55. The summed E-state index contributed by atoms with van der Waals surface area (Å²) in [5.41, 5.74) is 1.43. The minimum absolute atomic E-state index is 0.204. The van der Waals surface area contributed by atoms with Crippen LogP contribution in [0.2, 0.25) is 0 Å². The molecule has 18 heavy (non-hydrogen) atoms. The number of hydrogen-bond donors (Lipinski definition) is 0. The molecule has 0 atom stereocenters. The van der Waals surface area contributed by atoms with Gasteiger partial charge >= 0.3 is 0 Å². The normalized spacial score (nSPS) is 17.5. The molecule has 0 radical (unpaired) electrons. The molecule has 0 saturated carbocycles. The average molecular weight is 254 g/mol. The topological polar surface area (TPSA) is 17.1 Å². The molecule has 0 aromatic carbocycles. The van der Waals surface area contributed by atoms with Crippen molar-refractivity contribution in [1.82, 2.24) is 0 Å². The summed E-state index contributed by atoms with van der Waals surface area (Å²) in [5, 5.41) is 0. The number of rotatable bonds is 0. The Hall–Kier alpha value is -0.590. The maximum atomic E-state index is 11.0. The summed E-state index contributed by atoms with van der Waals surface area (Å²) >= 11 is 0. The first-order chi connectivity index (χ1) is 7.96. The van der Waals surface area contributed by atoms with Crippen molar-refractivity contribution in [3.8, 4) is 0 Å². The van der Waals surface area contributed by atoms with Crippen LogP contribution in [-0.4, -0.2) is 5.78 Å². The quantitative estimate of drug-likeness (QED) is 0.546. The summed E-state index contributed by atoms with van der Waals surface area (Å²) < 4.78 is 0. The lowest BCUT2D eigenvalue weighted by atomic mass is 9.77. The molecule has 108 valence electrons. The zero-order valence-corrected chi connectivity index (χ0v) is 14.1. The molecular formula is C17H34O. The Morgan fingerprint density at radius 3 is 1.50 bits per heavy atom. The molecule has 1 nitrogen and oxygen atoms in total. The van der Waals surface area contributed by atoms with Gasteiger partial charge in [-0.15, -0.1) is 0 Å². The van der Waals surface area contributed by atoms with E-state index in [1.807, 2.05) is 6.92 Å². The molecule has 0 fully saturated rings. The molecule has 0 N–H and O–H groups in total. The highest BCUT2D eigenvalue weighted by molar-refractivity contribution is 5.91. The van der Waals surface area contributed by atoms with E-state index in [-0.39, 0.29) is 11.2 Å². The van der Waals surface area contributed by atoms with Gasteiger partial charge in [0.05, 0.1) is 0 Å². The lowest BCUT2D eigenvalue weighted by Crippen LogP contribution is -2.20. The van der Waals surface area contributed by atoms with Crippen LogP contribution in [0.3, 0.4) is 0 Å². The van der Waals surface area contributed by atoms with Gasteiger partial charge in [0.2, 0.25) is 0 Å². The Morgan fingerprint density at radius 2 is 1.28 bits per heavy atom. The highest BCUT2D eigenvalue weighted by Gasteiger charge is 2.25. The zero-order chi connectivity index (χ0) is 14.9. The van der Waals surface area contributed by atoms with Crippen LogP contribution >= 0.6 is 0 Å². The average Bonchev–Trinajstić information content (AvgIpc) is 1.94. The van der Waals surface area contributed by atoms with Crippen molar-refractivity contribution < 1.29 is 4.79 Å². The van der Waals surface area contributed by atoms with Gasteiger partial charge < -0.3 is 0 Å². The highest BCUT2D eigenvalue weighted by atomic mass is 16.1. The van der Waals surface area contributed by atoms with Crippen LogP contribution in [0.1, 0.15) is 75.2 Å². The standard InChI is InChI=1S/C9H14O.2C4H10/c1-7-4-8(10)6-9(2,3)5-7;2*1-4(2)3/h4H,5-6H2,1-3H3;2*4H,1-3H3. The monoisotopic (exact) mass is 254 g/mol. The zero-order valence-electron chi connectivity index (χ0n) is 14.1. The van der Waals surface area contributed by atoms with Gasteiger partial charge in [-0.25, -0.2) is 0 Å². The van der Waals surface area contributed by atoms with E-state index in [9.17, 15) is 4.79 Å². The van der Waals surface area contributed by atoms with Crippen molar-refractivity contribution in [3.05, 3.63) is 11.6 Å². The maximum absolute atomic E-state index is 11.0. The molecule has 0 aromatic rings. The van der Waals surface area contributed by atoms with Crippen molar-refractivity contribution in [1.29, 1.82) is 0 Å². The molecule has 0 unspecified atom stereocenters. The van der Waals surface area contributed by atoms with E-state index in [0.717, 1.165) is 18.3 Å². The fraction of sp³-hybridized carbons (Fsp3) is 0.824. The summed E-state index contributed by atoms with van der Waals surface area (Å²) in [4.78, 5) is 11.0. The third-order valence-electron chi connectivity index (χ3n) is 1.82. The lowest BCUT2D eigenvalue weighted by molar-refractivity contribution is -0.117. The molecule has 0 bridgehead atoms. The molecule has 0 aliphatic heterocycles. The highest BCUT2D eigenvalue weighted by Crippen LogP contribution is 2.32. The van der Waals surface area contributed by atoms with E-state index in [1.54, 1.807) is 6.08 Å². The van der Waals surface area contributed by atoms with E-state index in [2.05, 4.69) is 55.4 Å². The summed E-state index contributed by atoms with van der Waals surface area (Å²) in [7, 11) is 0. The largest absolute Gasteiger partial charge is 0.295 e. The molecule has 0 saturated heterocycles. The number of carbonyl (C=O) groups is 1. The summed E-state index contributed by atoms with van der Waals surface area (Å²) in [5.74, 6) is 1.95. The van der Waals surface area contributed by atoms with Crippen molar-refractivity contribution in [2.24, 2.45) is 17.3 Å². The molecule has 0 spiro atoms. The van der Waals surface area contributed by atoms with Crippen LogP contribution in [0.4, 0.5) is 0 Å². The van der Waals surface area contributed by atoms with E-state index < -0.39 is 0 Å². The third kappa shape index (κ3) is 17.8. The predicted octanol–water partition coefficient (Wildman–Crippen LogP) is 5.65. The van der Waals surface area contributed by atoms with Crippen molar-refractivity contribution in [2.45, 2.75) is 75.2 Å². The van der Waals surface area contributed by atoms with Gasteiger partial charge in [0.15, 0.2) is 5.78 Å². The first-order valence-corrected chi connectivity index (χ1v) is 7.16. The molecule has 0 heterocycles. The van der Waals surface area contributed by atoms with E-state index >= 15 is 0 Å². The van der Waals surface area contributed by atoms with Crippen LogP contribution in [0.15, 0.2) is 11.6 Å². The van der Waals surface area contributed by atoms with E-state index in [4.69, 9.17) is 0 Å². The van der Waals surface area contributed by atoms with Gasteiger partial charge in [0, 0.05) is 6.42 Å². The lowest BCUT2D eigenvalue weighted by Gasteiger charge is -2.27. The van der Waals surface area contributed by atoms with Crippen LogP contribution in [-0.2, 0) is 4.79 Å². The second kappa shape index (κ2) is 9.35. The molecule has 0 aromatic heterocycles. The first kappa shape index (κ1) is 19.7. The SMILES string of the molecule is CC(C)C.CC(C)C.CC1=CC(=O)CC(C)(C)C1. The molecule has 1 aliphatic carbocycles. The number of ketones is 1. The van der Waals surface area contributed by atoms with Gasteiger partial charge in [-0.2, -0.15) is 0 Å². The van der Waals surface area contributed by atoms with Gasteiger partial charge in [0.25, 0.3) is 0 Å². The predicted molar refractivity (Wildman–Crippen MR) is 82.8 cm³/mol. The Bertz CT molecular complexity index is 245. The summed E-state index contributed by atoms with van der Waals surface area (Å²) in [6, 6.07) is 0. The van der Waals surface area contributed by atoms with E-state index in [1.165, 1.54) is 5.57 Å². The van der Waals surface area contributed by atoms with Gasteiger partial charge in [-0.05, 0) is 36.7 Å². The summed E-state index contributed by atoms with van der Waals surface area (Å²) in [6.45, 7) is 19.3. The number of hydrogen-bond acceptors (Lipinski definition) is 1. The molecule has 0 amide bonds. The Kier molecular flexibility index (Phi) is 10.3. The second-order valence-corrected chi connectivity index (χ2v) is 7.44. The van der Waals surface area contributed by atoms with Crippen LogP contribution < -0.4 is 0 Å². The van der Waals surface area contributed by atoms with Gasteiger partial charge in [-0.3, -0.25) is 4.79 Å². The fourth-order valence-corrected chi connectivity index (χ4v) is 1.67. The van der Waals surface area contributed by atoms with Gasteiger partial charge in [0.1, 0.15) is 0 Å². The molecule has 1 rings (SSSR count). The Morgan fingerprint density at radius 1 is 0.944 bits per heavy atom. The third-order valence-corrected chi connectivity index (χ3v) is 1.82. The molecule has 1 aliphatic rings. The van der Waals surface area contributed by atoms with Gasteiger partial charge in [-0.1, -0.05) is 61.0 Å². The smallest absolute Gasteiger partial charge is 0.156 e. The van der Waals surface area contributed by atoms with Crippen molar-refractivity contribution in [2.75, 3.05) is 0 Å². The Labute approximate surface area is 115 Å². The number of carbonyl (C=O) groups excluding carboxylic acids is 1. The second-order valence-electron chi connectivity index (χ2n) is 7.44. The van der Waals surface area contributed by atoms with Crippen LogP contribution in [0.25, 0.3) is 0 Å². The van der Waals surface area contributed by atoms with E-state index in [0.29, 0.717) is 6.42 Å². The van der Waals surface area contributed by atoms with Crippen LogP contribution in [0, 0.1) is 17.3 Å². The minimum Gasteiger partial charge on any atom is -0.295 e.